The zero-order valence-electron chi connectivity index (χ0n) is 54.4. The molecule has 2 amide bonds. The van der Waals surface area contributed by atoms with Crippen molar-refractivity contribution in [2.75, 3.05) is 172 Å². The molecule has 1 aliphatic heterocycles. The van der Waals surface area contributed by atoms with E-state index in [4.69, 9.17) is 61.8 Å². The molecule has 0 bridgehead atoms. The fourth-order valence-corrected chi connectivity index (χ4v) is 10.6. The Bertz CT molecular complexity index is 2870. The lowest BCUT2D eigenvalue weighted by molar-refractivity contribution is -0.137. The molecule has 91 heavy (non-hydrogen) atoms. The second kappa shape index (κ2) is 47.5. The van der Waals surface area contributed by atoms with Crippen molar-refractivity contribution in [3.8, 4) is 0 Å². The van der Waals surface area contributed by atoms with Crippen molar-refractivity contribution in [2.45, 2.75) is 65.0 Å². The number of carboxylic acid groups (broad SMARTS) is 1. The van der Waals surface area contributed by atoms with Crippen LogP contribution in [0.3, 0.4) is 0 Å². The molecule has 30 nitrogen and oxygen atoms in total. The number of hydrazine groups is 1. The van der Waals surface area contributed by atoms with E-state index in [1.165, 1.54) is 11.3 Å². The van der Waals surface area contributed by atoms with Crippen molar-refractivity contribution in [2.24, 2.45) is 16.1 Å². The Morgan fingerprint density at radius 1 is 0.791 bits per heavy atom. The first-order valence-corrected chi connectivity index (χ1v) is 35.8. The van der Waals surface area contributed by atoms with Gasteiger partial charge in [0.25, 0.3) is 32.1 Å². The summed E-state index contributed by atoms with van der Waals surface area (Å²) < 4.78 is 70.0. The standard InChI is InChI=1S/C14H19Cl2NO2.C12H19N3O.C9H18N6.C7H15Cl2N2O2P.C6H10N6O.C6H14O6S2/c15-8-10-17(11-9-16)13-6-4-12(5-7-13)2-1-3-14(18)19;1-9(2)15-12(16)11-6-4-10(5-7-11)8-14-13-3;1-13(2)7-10-8(14(3)4)12-9(11-7)15(5)6;8-2-4-10-14(12)11(6-3-9)5-1-7-13-14;1-12(2)11-10-6-4(5(7)13)8-3-9-6;1-13(7,8)11-5-3-4-6-12-14(2,9)10/h4-7H,1-3,8-11H2,(H,18,19);4-7,9,13-14H,8H2,1-3H3,(H,15,16);1-6H3;1-7H2,(H,10,12);3H,1-2H3,(H2,7,13)(H,8,9);3-6H2,1-2H3/b;;;;11-10+;. The quantitative estimate of drug-likeness (QED) is 0.00717. The number of rotatable bonds is 32. The molecule has 0 saturated carbocycles. The summed E-state index contributed by atoms with van der Waals surface area (Å²) in [5, 5.41) is 23.2. The lowest BCUT2D eigenvalue weighted by atomic mass is 10.1. The number of anilines is 4. The van der Waals surface area contributed by atoms with Gasteiger partial charge < -0.3 is 45.3 Å². The van der Waals surface area contributed by atoms with Crippen molar-refractivity contribution >= 4 is 121 Å². The Hall–Kier alpha value is -5.32. The average Bonchev–Trinajstić information content (AvgIpc) is 3.18. The summed E-state index contributed by atoms with van der Waals surface area (Å²) >= 11 is 22.7. The number of benzene rings is 2. The number of carbonyl (C=O) groups is 3. The topological polar surface area (TPSA) is 370 Å². The Morgan fingerprint density at radius 3 is 1.73 bits per heavy atom. The summed E-state index contributed by atoms with van der Waals surface area (Å²) in [4.78, 5) is 59.9. The number of aliphatic carboxylic acids is 1. The molecule has 1 fully saturated rings. The predicted molar refractivity (Wildman–Crippen MR) is 364 cm³/mol. The van der Waals surface area contributed by atoms with E-state index >= 15 is 0 Å². The second-order valence-corrected chi connectivity index (χ2v) is 27.3. The number of unbranched alkanes of at least 4 members (excludes halogenated alkanes) is 1. The molecular formula is C54H95Cl4N18O12PS2. The first-order valence-electron chi connectivity index (χ1n) is 28.5. The van der Waals surface area contributed by atoms with Crippen LogP contribution in [0.25, 0.3) is 0 Å². The van der Waals surface area contributed by atoms with Crippen LogP contribution in [-0.2, 0) is 55.5 Å². The van der Waals surface area contributed by atoms with Crippen LogP contribution in [0.1, 0.15) is 77.9 Å². The molecule has 2 aromatic carbocycles. The summed E-state index contributed by atoms with van der Waals surface area (Å²) in [6.07, 6.45) is 6.68. The van der Waals surface area contributed by atoms with E-state index in [-0.39, 0.29) is 43.1 Å². The maximum atomic E-state index is 12.2. The number of halogens is 4. The van der Waals surface area contributed by atoms with E-state index in [0.29, 0.717) is 85.9 Å². The fourth-order valence-electron chi connectivity index (χ4n) is 6.77. The van der Waals surface area contributed by atoms with Gasteiger partial charge in [0.05, 0.1) is 38.7 Å². The largest absolute Gasteiger partial charge is 0.481 e. The third-order valence-electron chi connectivity index (χ3n) is 11.0. The minimum atomic E-state index is -3.40. The maximum Gasteiger partial charge on any atom is 0.343 e. The highest BCUT2D eigenvalue weighted by molar-refractivity contribution is 7.86. The minimum Gasteiger partial charge on any atom is -0.481 e. The van der Waals surface area contributed by atoms with E-state index < -0.39 is 39.8 Å². The third kappa shape index (κ3) is 41.1. The molecule has 37 heteroatoms. The van der Waals surface area contributed by atoms with Crippen molar-refractivity contribution < 1.29 is 53.8 Å². The SMILES string of the molecule is CN(C)/N=N/c1[nH]cnc1C(N)=O.CN(C)c1nc(N(C)C)nc(N(C)C)n1.CNNCc1ccc(C(=O)NC(C)C)cc1.CS(=O)(=O)OCCCCOS(C)(=O)=O.O=C(O)CCCc1ccc(N(CCCl)CCCl)cc1.O=P1(NCCCl)OCCCN1CCCl. The normalized spacial score (nSPS) is 13.7. The van der Waals surface area contributed by atoms with Gasteiger partial charge in [-0.2, -0.15) is 31.8 Å². The molecule has 1 atom stereocenters. The number of hydrogen-bond donors (Lipinski definition) is 7. The smallest absolute Gasteiger partial charge is 0.343 e. The van der Waals surface area contributed by atoms with Crippen molar-refractivity contribution in [3.63, 3.8) is 0 Å². The summed E-state index contributed by atoms with van der Waals surface area (Å²) in [5.74, 6) is 2.87. The van der Waals surface area contributed by atoms with Gasteiger partial charge in [0.2, 0.25) is 17.8 Å². The van der Waals surface area contributed by atoms with Gasteiger partial charge in [0.1, 0.15) is 0 Å². The molecule has 2 aromatic heterocycles. The number of aromatic amines is 1. The predicted octanol–water partition coefficient (Wildman–Crippen LogP) is 6.17. The molecule has 0 aliphatic carbocycles. The number of carbonyl (C=O) groups excluding carboxylic acids is 2. The number of H-pyrrole nitrogens is 1. The van der Waals surface area contributed by atoms with Gasteiger partial charge in [-0.3, -0.25) is 43.2 Å². The molecule has 1 unspecified atom stereocenters. The van der Waals surface area contributed by atoms with Crippen molar-refractivity contribution in [1.29, 1.82) is 0 Å². The lowest BCUT2D eigenvalue weighted by Gasteiger charge is -2.34. The lowest BCUT2D eigenvalue weighted by Crippen LogP contribution is -2.36. The van der Waals surface area contributed by atoms with Gasteiger partial charge in [-0.25, -0.2) is 14.7 Å². The number of nitrogens with two attached hydrogens (primary N) is 1. The van der Waals surface area contributed by atoms with E-state index in [0.717, 1.165) is 68.3 Å². The Labute approximate surface area is 557 Å². The van der Waals surface area contributed by atoms with Crippen LogP contribution < -0.4 is 46.6 Å². The number of aromatic nitrogens is 5. The van der Waals surface area contributed by atoms with Crippen molar-refractivity contribution in [1.82, 2.24) is 55.9 Å². The zero-order chi connectivity index (χ0) is 69.2. The molecule has 1 saturated heterocycles. The van der Waals surface area contributed by atoms with E-state index in [9.17, 15) is 35.8 Å². The van der Waals surface area contributed by atoms with Gasteiger partial charge in [0, 0.05) is 143 Å². The molecule has 0 radical (unpaired) electrons. The van der Waals surface area contributed by atoms with E-state index in [1.54, 1.807) is 18.8 Å². The first-order chi connectivity index (χ1) is 42.8. The fraction of sp³-hybridized carbons (Fsp3) is 0.611. The van der Waals surface area contributed by atoms with E-state index in [2.05, 4.69) is 69.8 Å². The van der Waals surface area contributed by atoms with Crippen LogP contribution in [-0.4, -0.2) is 232 Å². The third-order valence-corrected chi connectivity index (χ3v) is 15.2. The summed E-state index contributed by atoms with van der Waals surface area (Å²) in [6, 6.07) is 15.9. The van der Waals surface area contributed by atoms with Crippen LogP contribution in [0.4, 0.5) is 29.4 Å². The van der Waals surface area contributed by atoms with Crippen LogP contribution in [0.5, 0.6) is 0 Å². The zero-order valence-corrected chi connectivity index (χ0v) is 59.9. The van der Waals surface area contributed by atoms with E-state index in [1.807, 2.05) is 126 Å². The minimum absolute atomic E-state index is 0.0249. The summed E-state index contributed by atoms with van der Waals surface area (Å²) in [7, 11) is 7.07. The van der Waals surface area contributed by atoms with Gasteiger partial charge in [-0.05, 0) is 88.4 Å². The van der Waals surface area contributed by atoms with Gasteiger partial charge >= 0.3 is 13.6 Å². The first kappa shape index (κ1) is 85.7. The molecule has 8 N–H and O–H groups in total. The Kier molecular flexibility index (Phi) is 44.8. The number of alkyl halides is 4. The van der Waals surface area contributed by atoms with Gasteiger partial charge in [0.15, 0.2) is 11.5 Å². The van der Waals surface area contributed by atoms with Gasteiger partial charge in [-0.15, -0.1) is 51.5 Å². The summed E-state index contributed by atoms with van der Waals surface area (Å²) in [5.41, 5.74) is 15.0. The summed E-state index contributed by atoms with van der Waals surface area (Å²) in [6.45, 7) is 8.63. The number of nitrogens with one attached hydrogen (secondary N) is 5. The number of primary amides is 1. The average molecular weight is 1430 g/mol. The number of aryl methyl sites for hydroxylation is 1. The number of imidazole rings is 1. The number of nitrogens with zero attached hydrogens (tertiary/aromatic N) is 12. The molecule has 3 heterocycles. The van der Waals surface area contributed by atoms with Crippen LogP contribution >= 0.6 is 54.1 Å². The number of amides is 2. The molecule has 518 valence electrons. The molecule has 5 rings (SSSR count). The highest BCUT2D eigenvalue weighted by Gasteiger charge is 2.34. The number of carboxylic acids is 1. The monoisotopic (exact) mass is 1420 g/mol. The highest BCUT2D eigenvalue weighted by Crippen LogP contribution is 2.48. The molecule has 0 spiro atoms. The highest BCUT2D eigenvalue weighted by atomic mass is 35.5. The molecule has 4 aromatic rings. The Balaban J connectivity index is 0.00000107. The van der Waals surface area contributed by atoms with Crippen LogP contribution in [0, 0.1) is 0 Å². The second-order valence-electron chi connectivity index (χ2n) is 20.3. The van der Waals surface area contributed by atoms with Crippen molar-refractivity contribution in [3.05, 3.63) is 77.2 Å². The number of hydrogen-bond acceptors (Lipinski definition) is 23. The molecular weight excluding hydrogens is 1330 g/mol. The maximum absolute atomic E-state index is 12.2. The van der Waals surface area contributed by atoms with Crippen LogP contribution in [0.2, 0.25) is 0 Å². The van der Waals surface area contributed by atoms with Crippen LogP contribution in [0.15, 0.2) is 65.2 Å². The van der Waals surface area contributed by atoms with Gasteiger partial charge in [-0.1, -0.05) is 29.5 Å². The Morgan fingerprint density at radius 2 is 1.31 bits per heavy atom. The molecule has 1 aliphatic rings.